The molecule has 1 atom stereocenters. The number of aromatic nitrogens is 2. The van der Waals surface area contributed by atoms with Gasteiger partial charge >= 0.3 is 0 Å². The molecule has 0 aromatic carbocycles. The summed E-state index contributed by atoms with van der Waals surface area (Å²) < 4.78 is 5.10. The number of nitrogens with zero attached hydrogens (tertiary/aromatic N) is 4. The highest BCUT2D eigenvalue weighted by molar-refractivity contribution is 5.82. The van der Waals surface area contributed by atoms with E-state index in [1.165, 1.54) is 0 Å². The Morgan fingerprint density at radius 3 is 2.57 bits per heavy atom. The minimum absolute atomic E-state index is 0.0243. The van der Waals surface area contributed by atoms with Gasteiger partial charge in [0.2, 0.25) is 17.7 Å². The summed E-state index contributed by atoms with van der Waals surface area (Å²) in [5.74, 6) is 1.35. The molecule has 2 heterocycles. The van der Waals surface area contributed by atoms with Crippen molar-refractivity contribution in [3.05, 3.63) is 12.3 Å². The van der Waals surface area contributed by atoms with Crippen molar-refractivity contribution >= 4 is 11.9 Å². The lowest BCUT2D eigenvalue weighted by atomic mass is 10.0. The number of amides is 1. The highest BCUT2D eigenvalue weighted by Crippen LogP contribution is 2.15. The number of anilines is 1. The Morgan fingerprint density at radius 2 is 2.00 bits per heavy atom. The van der Waals surface area contributed by atoms with Crippen molar-refractivity contribution < 1.29 is 9.53 Å². The number of rotatable bonds is 4. The molecule has 2 rings (SSSR count). The molecule has 2 N–H and O–H groups in total. The monoisotopic (exact) mass is 293 g/mol. The van der Waals surface area contributed by atoms with Gasteiger partial charge in [-0.15, -0.1) is 0 Å². The van der Waals surface area contributed by atoms with Crippen molar-refractivity contribution in [2.75, 3.05) is 38.2 Å². The second-order valence-corrected chi connectivity index (χ2v) is 5.48. The Hall–Kier alpha value is -1.89. The predicted molar refractivity (Wildman–Crippen MR) is 80.2 cm³/mol. The van der Waals surface area contributed by atoms with Crippen LogP contribution in [0.3, 0.4) is 0 Å². The lowest BCUT2D eigenvalue weighted by Crippen LogP contribution is -2.54. The minimum Gasteiger partial charge on any atom is -0.481 e. The highest BCUT2D eigenvalue weighted by Gasteiger charge is 2.27. The Labute approximate surface area is 125 Å². The first-order valence-electron chi connectivity index (χ1n) is 7.19. The number of piperazine rings is 1. The van der Waals surface area contributed by atoms with E-state index >= 15 is 0 Å². The smallest absolute Gasteiger partial charge is 0.239 e. The van der Waals surface area contributed by atoms with Crippen molar-refractivity contribution in [1.29, 1.82) is 0 Å². The Balaban J connectivity index is 1.95. The van der Waals surface area contributed by atoms with Crippen LogP contribution in [0.2, 0.25) is 0 Å². The molecule has 0 spiro atoms. The van der Waals surface area contributed by atoms with E-state index in [4.69, 9.17) is 10.5 Å². The van der Waals surface area contributed by atoms with Gasteiger partial charge in [-0.2, -0.15) is 4.98 Å². The third-order valence-electron chi connectivity index (χ3n) is 3.70. The van der Waals surface area contributed by atoms with Crippen LogP contribution in [-0.4, -0.2) is 60.1 Å². The summed E-state index contributed by atoms with van der Waals surface area (Å²) in [6, 6.07) is 1.29. The number of nitrogens with two attached hydrogens (primary N) is 1. The number of hydrogen-bond acceptors (Lipinski definition) is 6. The summed E-state index contributed by atoms with van der Waals surface area (Å²) in [6.07, 6.45) is 1.67. The van der Waals surface area contributed by atoms with Crippen LogP contribution >= 0.6 is 0 Å². The van der Waals surface area contributed by atoms with Gasteiger partial charge in [0.1, 0.15) is 0 Å². The predicted octanol–water partition coefficient (Wildman–Crippen LogP) is 0.117. The first-order chi connectivity index (χ1) is 10.0. The molecule has 0 bridgehead atoms. The standard InChI is InChI=1S/C14H23N5O2/c1-10(2)12(15)13(20)18-6-8-19(9-7-18)14-16-5-4-11(17-14)21-3/h4-5,10,12H,6-9,15H2,1-3H3/t12-/m0/s1. The van der Waals surface area contributed by atoms with Gasteiger partial charge in [-0.3, -0.25) is 4.79 Å². The van der Waals surface area contributed by atoms with Crippen molar-refractivity contribution in [2.45, 2.75) is 19.9 Å². The molecular formula is C14H23N5O2. The number of ether oxygens (including phenoxy) is 1. The van der Waals surface area contributed by atoms with E-state index in [1.54, 1.807) is 19.4 Å². The van der Waals surface area contributed by atoms with Gasteiger partial charge in [0.05, 0.1) is 13.2 Å². The van der Waals surface area contributed by atoms with Crippen LogP contribution in [0.1, 0.15) is 13.8 Å². The zero-order chi connectivity index (χ0) is 15.4. The van der Waals surface area contributed by atoms with E-state index < -0.39 is 6.04 Å². The number of methoxy groups -OCH3 is 1. The third-order valence-corrected chi connectivity index (χ3v) is 3.70. The molecule has 0 unspecified atom stereocenters. The largest absolute Gasteiger partial charge is 0.481 e. The van der Waals surface area contributed by atoms with E-state index in [1.807, 2.05) is 23.6 Å². The highest BCUT2D eigenvalue weighted by atomic mass is 16.5. The summed E-state index contributed by atoms with van der Waals surface area (Å²) >= 11 is 0. The Morgan fingerprint density at radius 1 is 1.33 bits per heavy atom. The lowest BCUT2D eigenvalue weighted by Gasteiger charge is -2.36. The minimum atomic E-state index is -0.426. The molecule has 116 valence electrons. The van der Waals surface area contributed by atoms with E-state index in [9.17, 15) is 4.79 Å². The summed E-state index contributed by atoms with van der Waals surface area (Å²) in [4.78, 5) is 24.6. The van der Waals surface area contributed by atoms with Crippen LogP contribution in [0.5, 0.6) is 5.88 Å². The molecule has 21 heavy (non-hydrogen) atoms. The molecule has 0 radical (unpaired) electrons. The maximum absolute atomic E-state index is 12.2. The van der Waals surface area contributed by atoms with Crippen LogP contribution in [0.25, 0.3) is 0 Å². The quantitative estimate of drug-likeness (QED) is 0.848. The van der Waals surface area contributed by atoms with Crippen molar-refractivity contribution in [3.63, 3.8) is 0 Å². The molecule has 1 fully saturated rings. The molecule has 1 saturated heterocycles. The second-order valence-electron chi connectivity index (χ2n) is 5.48. The fraction of sp³-hybridized carbons (Fsp3) is 0.643. The third kappa shape index (κ3) is 3.60. The fourth-order valence-electron chi connectivity index (χ4n) is 2.22. The molecule has 1 aliphatic heterocycles. The summed E-state index contributed by atoms with van der Waals surface area (Å²) in [5.41, 5.74) is 5.93. The van der Waals surface area contributed by atoms with Crippen molar-refractivity contribution in [3.8, 4) is 5.88 Å². The Bertz CT molecular complexity index is 486. The number of carbonyl (C=O) groups is 1. The summed E-state index contributed by atoms with van der Waals surface area (Å²) in [5, 5.41) is 0. The zero-order valence-corrected chi connectivity index (χ0v) is 12.8. The maximum atomic E-state index is 12.2. The molecule has 1 aliphatic rings. The fourth-order valence-corrected chi connectivity index (χ4v) is 2.22. The lowest BCUT2D eigenvalue weighted by molar-refractivity contribution is -0.133. The molecule has 0 aliphatic carbocycles. The van der Waals surface area contributed by atoms with E-state index in [2.05, 4.69) is 9.97 Å². The molecule has 7 nitrogen and oxygen atoms in total. The molecular weight excluding hydrogens is 270 g/mol. The number of carbonyl (C=O) groups excluding carboxylic acids is 1. The van der Waals surface area contributed by atoms with Crippen molar-refractivity contribution in [1.82, 2.24) is 14.9 Å². The number of hydrogen-bond donors (Lipinski definition) is 1. The van der Waals surface area contributed by atoms with Crippen LogP contribution < -0.4 is 15.4 Å². The van der Waals surface area contributed by atoms with E-state index in [0.29, 0.717) is 38.0 Å². The van der Waals surface area contributed by atoms with Crippen molar-refractivity contribution in [2.24, 2.45) is 11.7 Å². The summed E-state index contributed by atoms with van der Waals surface area (Å²) in [6.45, 7) is 6.60. The van der Waals surface area contributed by atoms with Crippen LogP contribution in [0, 0.1) is 5.92 Å². The van der Waals surface area contributed by atoms with Gasteiger partial charge < -0.3 is 20.3 Å². The van der Waals surface area contributed by atoms with Gasteiger partial charge in [-0.05, 0) is 5.92 Å². The van der Waals surface area contributed by atoms with Gasteiger partial charge in [0, 0.05) is 38.4 Å². The zero-order valence-electron chi connectivity index (χ0n) is 12.8. The van der Waals surface area contributed by atoms with Gasteiger partial charge in [0.15, 0.2) is 0 Å². The van der Waals surface area contributed by atoms with Crippen LogP contribution in [0.4, 0.5) is 5.95 Å². The first kappa shape index (κ1) is 15.5. The van der Waals surface area contributed by atoms with E-state index in [0.717, 1.165) is 0 Å². The maximum Gasteiger partial charge on any atom is 0.239 e. The van der Waals surface area contributed by atoms with E-state index in [-0.39, 0.29) is 11.8 Å². The molecule has 1 aromatic rings. The first-order valence-corrected chi connectivity index (χ1v) is 7.19. The second kappa shape index (κ2) is 6.71. The molecule has 7 heteroatoms. The van der Waals surface area contributed by atoms with Gasteiger partial charge in [-0.25, -0.2) is 4.98 Å². The van der Waals surface area contributed by atoms with Crippen LogP contribution in [-0.2, 0) is 4.79 Å². The normalized spacial score (nSPS) is 17.0. The average molecular weight is 293 g/mol. The van der Waals surface area contributed by atoms with Crippen LogP contribution in [0.15, 0.2) is 12.3 Å². The molecule has 1 amide bonds. The Kier molecular flexibility index (Phi) is 4.95. The summed E-state index contributed by atoms with van der Waals surface area (Å²) in [7, 11) is 1.58. The molecule has 0 saturated carbocycles. The average Bonchev–Trinajstić information content (AvgIpc) is 2.53. The molecule has 1 aromatic heterocycles. The topological polar surface area (TPSA) is 84.6 Å². The van der Waals surface area contributed by atoms with Gasteiger partial charge in [0.25, 0.3) is 0 Å². The SMILES string of the molecule is COc1ccnc(N2CCN(C(=O)[C@@H](N)C(C)C)CC2)n1. The van der Waals surface area contributed by atoms with Gasteiger partial charge in [-0.1, -0.05) is 13.8 Å².